The highest BCUT2D eigenvalue weighted by Gasteiger charge is 2.19. The summed E-state index contributed by atoms with van der Waals surface area (Å²) in [6.45, 7) is 0. The Morgan fingerprint density at radius 1 is 0.488 bits per heavy atom. The maximum atomic E-state index is 6.46. The van der Waals surface area contributed by atoms with Crippen molar-refractivity contribution in [2.75, 3.05) is 4.90 Å². The average molecular weight is 568 g/mol. The molecular formula is C40H25NOS. The van der Waals surface area contributed by atoms with Crippen LogP contribution in [0.3, 0.4) is 0 Å². The van der Waals surface area contributed by atoms with Crippen LogP contribution in [0.5, 0.6) is 0 Å². The molecule has 0 atom stereocenters. The van der Waals surface area contributed by atoms with Gasteiger partial charge in [-0.05, 0) is 65.0 Å². The zero-order valence-corrected chi connectivity index (χ0v) is 24.0. The van der Waals surface area contributed by atoms with Gasteiger partial charge in [0, 0.05) is 43.0 Å². The highest BCUT2D eigenvalue weighted by atomic mass is 32.1. The predicted molar refractivity (Wildman–Crippen MR) is 184 cm³/mol. The summed E-state index contributed by atoms with van der Waals surface area (Å²) in [5.41, 5.74) is 7.64. The molecule has 0 aliphatic heterocycles. The van der Waals surface area contributed by atoms with E-state index in [1.807, 2.05) is 11.3 Å². The number of benzene rings is 7. The van der Waals surface area contributed by atoms with E-state index in [9.17, 15) is 0 Å². The van der Waals surface area contributed by atoms with Gasteiger partial charge >= 0.3 is 0 Å². The lowest BCUT2D eigenvalue weighted by molar-refractivity contribution is 0.673. The Morgan fingerprint density at radius 2 is 1.21 bits per heavy atom. The summed E-state index contributed by atoms with van der Waals surface area (Å²) in [4.78, 5) is 2.38. The first-order valence-corrected chi connectivity index (χ1v) is 15.3. The van der Waals surface area contributed by atoms with Gasteiger partial charge < -0.3 is 9.32 Å². The number of hydrogen-bond acceptors (Lipinski definition) is 3. The number of para-hydroxylation sites is 1. The summed E-state index contributed by atoms with van der Waals surface area (Å²) < 4.78 is 9.06. The summed E-state index contributed by atoms with van der Waals surface area (Å²) in [7, 11) is 0. The number of nitrogens with zero attached hydrogens (tertiary/aromatic N) is 1. The van der Waals surface area contributed by atoms with Crippen molar-refractivity contribution >= 4 is 81.3 Å². The van der Waals surface area contributed by atoms with Crippen LogP contribution in [0.2, 0.25) is 0 Å². The van der Waals surface area contributed by atoms with E-state index in [1.54, 1.807) is 0 Å². The minimum atomic E-state index is 0.912. The first-order valence-electron chi connectivity index (χ1n) is 14.5. The van der Waals surface area contributed by atoms with E-state index in [-0.39, 0.29) is 0 Å². The van der Waals surface area contributed by atoms with Gasteiger partial charge in [-0.2, -0.15) is 0 Å². The van der Waals surface area contributed by atoms with Gasteiger partial charge in [-0.25, -0.2) is 0 Å². The Morgan fingerprint density at radius 3 is 2.09 bits per heavy atom. The zero-order chi connectivity index (χ0) is 28.3. The van der Waals surface area contributed by atoms with Crippen LogP contribution in [0.25, 0.3) is 64.0 Å². The number of thiophene rings is 1. The van der Waals surface area contributed by atoms with E-state index in [4.69, 9.17) is 4.42 Å². The van der Waals surface area contributed by atoms with Crippen LogP contribution in [0.4, 0.5) is 17.1 Å². The quantitative estimate of drug-likeness (QED) is 0.210. The maximum Gasteiger partial charge on any atom is 0.143 e. The number of anilines is 3. The Bertz CT molecular complexity index is 2450. The molecule has 0 amide bonds. The molecule has 0 saturated carbocycles. The van der Waals surface area contributed by atoms with Crippen LogP contribution in [-0.2, 0) is 0 Å². The standard InChI is InChI=1S/C40H25NOS/c1-2-11-28(12-3-1)41(35-17-8-16-33-32-14-6-7-19-37(32)43-40(33)35)29-23-20-27(21-24-29)30-15-9-18-36-38(30)34-25-22-26-10-4-5-13-31(26)39(34)42-36/h1-25H. The molecule has 0 aliphatic rings. The molecule has 0 bridgehead atoms. The third-order valence-corrected chi connectivity index (χ3v) is 9.67. The summed E-state index contributed by atoms with van der Waals surface area (Å²) in [5.74, 6) is 0. The van der Waals surface area contributed by atoms with Gasteiger partial charge in [0.2, 0.25) is 0 Å². The van der Waals surface area contributed by atoms with Crippen LogP contribution in [0, 0.1) is 0 Å². The van der Waals surface area contributed by atoms with Crippen molar-refractivity contribution in [2.24, 2.45) is 0 Å². The van der Waals surface area contributed by atoms with Crippen molar-refractivity contribution in [3.63, 3.8) is 0 Å². The molecule has 0 N–H and O–H groups in total. The molecule has 43 heavy (non-hydrogen) atoms. The lowest BCUT2D eigenvalue weighted by Gasteiger charge is -2.26. The lowest BCUT2D eigenvalue weighted by atomic mass is 9.98. The zero-order valence-electron chi connectivity index (χ0n) is 23.2. The van der Waals surface area contributed by atoms with Gasteiger partial charge in [0.1, 0.15) is 11.2 Å². The molecule has 3 heteroatoms. The molecular weight excluding hydrogens is 543 g/mol. The fourth-order valence-corrected chi connectivity index (χ4v) is 7.70. The molecule has 2 nitrogen and oxygen atoms in total. The molecule has 0 radical (unpaired) electrons. The minimum Gasteiger partial charge on any atom is -0.455 e. The highest BCUT2D eigenvalue weighted by molar-refractivity contribution is 7.26. The highest BCUT2D eigenvalue weighted by Crippen LogP contribution is 2.45. The Balaban J connectivity index is 1.21. The number of fused-ring (bicyclic) bond motifs is 8. The summed E-state index contributed by atoms with van der Waals surface area (Å²) in [6, 6.07) is 54.2. The van der Waals surface area contributed by atoms with Crippen LogP contribution in [-0.4, -0.2) is 0 Å². The summed E-state index contributed by atoms with van der Waals surface area (Å²) in [6.07, 6.45) is 0. The largest absolute Gasteiger partial charge is 0.455 e. The van der Waals surface area contributed by atoms with E-state index in [0.29, 0.717) is 0 Å². The van der Waals surface area contributed by atoms with Gasteiger partial charge in [0.25, 0.3) is 0 Å². The van der Waals surface area contributed by atoms with Crippen LogP contribution >= 0.6 is 11.3 Å². The van der Waals surface area contributed by atoms with Crippen molar-refractivity contribution in [3.05, 3.63) is 152 Å². The van der Waals surface area contributed by atoms with E-state index in [0.717, 1.165) is 38.7 Å². The predicted octanol–water partition coefficient (Wildman–Crippen LogP) is 12.2. The first kappa shape index (κ1) is 24.2. The summed E-state index contributed by atoms with van der Waals surface area (Å²) in [5, 5.41) is 7.24. The van der Waals surface area contributed by atoms with Crippen molar-refractivity contribution in [1.82, 2.24) is 0 Å². The first-order chi connectivity index (χ1) is 21.3. The topological polar surface area (TPSA) is 16.4 Å². The molecule has 0 saturated heterocycles. The second kappa shape index (κ2) is 9.59. The third-order valence-electron chi connectivity index (χ3n) is 8.46. The summed E-state index contributed by atoms with van der Waals surface area (Å²) >= 11 is 1.86. The molecule has 0 aliphatic carbocycles. The number of furan rings is 1. The van der Waals surface area contributed by atoms with E-state index < -0.39 is 0 Å². The Kier molecular flexibility index (Phi) is 5.40. The van der Waals surface area contributed by atoms with Crippen LogP contribution in [0.15, 0.2) is 156 Å². The second-order valence-electron chi connectivity index (χ2n) is 10.9. The number of rotatable bonds is 4. The van der Waals surface area contributed by atoms with Gasteiger partial charge in [-0.1, -0.05) is 103 Å². The van der Waals surface area contributed by atoms with Crippen molar-refractivity contribution in [1.29, 1.82) is 0 Å². The second-order valence-corrected chi connectivity index (χ2v) is 12.0. The van der Waals surface area contributed by atoms with E-state index in [2.05, 4.69) is 157 Å². The molecule has 0 spiro atoms. The van der Waals surface area contributed by atoms with Gasteiger partial charge in [-0.3, -0.25) is 0 Å². The molecule has 0 unspecified atom stereocenters. The smallest absolute Gasteiger partial charge is 0.143 e. The van der Waals surface area contributed by atoms with Gasteiger partial charge in [0.15, 0.2) is 0 Å². The third kappa shape index (κ3) is 3.79. The van der Waals surface area contributed by atoms with Gasteiger partial charge in [0.05, 0.1) is 10.4 Å². The molecule has 2 heterocycles. The minimum absolute atomic E-state index is 0.912. The van der Waals surface area contributed by atoms with Crippen molar-refractivity contribution in [3.8, 4) is 11.1 Å². The van der Waals surface area contributed by atoms with E-state index in [1.165, 1.54) is 42.4 Å². The normalized spacial score (nSPS) is 11.7. The molecule has 7 aromatic carbocycles. The molecule has 9 rings (SSSR count). The number of hydrogen-bond donors (Lipinski definition) is 0. The van der Waals surface area contributed by atoms with Crippen LogP contribution in [0.1, 0.15) is 0 Å². The molecule has 0 fully saturated rings. The van der Waals surface area contributed by atoms with Gasteiger partial charge in [-0.15, -0.1) is 11.3 Å². The molecule has 202 valence electrons. The van der Waals surface area contributed by atoms with Crippen molar-refractivity contribution < 1.29 is 4.42 Å². The average Bonchev–Trinajstić information content (AvgIpc) is 3.65. The Hall–Kier alpha value is -5.38. The maximum absolute atomic E-state index is 6.46. The fraction of sp³-hybridized carbons (Fsp3) is 0. The molecule has 9 aromatic rings. The SMILES string of the molecule is c1ccc(N(c2ccc(-c3cccc4oc5c6ccccc6ccc5c34)cc2)c2cccc3c2sc2ccccc23)cc1. The van der Waals surface area contributed by atoms with Crippen molar-refractivity contribution in [2.45, 2.75) is 0 Å². The fourth-order valence-electron chi connectivity index (χ4n) is 6.50. The molecule has 2 aromatic heterocycles. The Labute approximate surface area is 252 Å². The monoisotopic (exact) mass is 567 g/mol. The van der Waals surface area contributed by atoms with E-state index >= 15 is 0 Å². The lowest BCUT2D eigenvalue weighted by Crippen LogP contribution is -2.09. The van der Waals surface area contributed by atoms with Crippen LogP contribution < -0.4 is 4.90 Å².